The van der Waals surface area contributed by atoms with E-state index in [9.17, 15) is 18.0 Å². The van der Waals surface area contributed by atoms with Gasteiger partial charge in [-0.15, -0.1) is 0 Å². The number of rotatable bonds is 3. The molecule has 3 nitrogen and oxygen atoms in total. The summed E-state index contributed by atoms with van der Waals surface area (Å²) in [4.78, 5) is 11.4. The quantitative estimate of drug-likeness (QED) is 0.696. The van der Waals surface area contributed by atoms with E-state index in [-0.39, 0.29) is 6.54 Å². The molecule has 0 unspecified atom stereocenters. The molecule has 13 heavy (non-hydrogen) atoms. The minimum atomic E-state index is -4.37. The van der Waals surface area contributed by atoms with Crippen LogP contribution < -0.4 is 0 Å². The second-order valence-corrected chi connectivity index (χ2v) is 2.51. The molecule has 0 saturated heterocycles. The molecule has 0 aliphatic carbocycles. The van der Waals surface area contributed by atoms with Crippen molar-refractivity contribution < 1.29 is 22.7 Å². The van der Waals surface area contributed by atoms with Crippen LogP contribution in [0.3, 0.4) is 0 Å². The minimum Gasteiger partial charge on any atom is -0.453 e. The maximum absolute atomic E-state index is 11.9. The molecule has 6 heteroatoms. The summed E-state index contributed by atoms with van der Waals surface area (Å²) in [5.74, 6) is 0. The summed E-state index contributed by atoms with van der Waals surface area (Å²) < 4.78 is 39.8. The Morgan fingerprint density at radius 3 is 2.31 bits per heavy atom. The second-order valence-electron chi connectivity index (χ2n) is 2.51. The first kappa shape index (κ1) is 12.1. The summed E-state index contributed by atoms with van der Waals surface area (Å²) in [6, 6.07) is 0. The molecule has 0 atom stereocenters. The lowest BCUT2D eigenvalue weighted by Gasteiger charge is -2.21. The third-order valence-electron chi connectivity index (χ3n) is 1.30. The summed E-state index contributed by atoms with van der Waals surface area (Å²) in [7, 11) is 1.06. The molecule has 1 amide bonds. The number of halogens is 3. The number of carbonyl (C=O) groups is 1. The predicted molar refractivity (Wildman–Crippen MR) is 40.3 cm³/mol. The van der Waals surface area contributed by atoms with E-state index in [1.807, 2.05) is 0 Å². The van der Waals surface area contributed by atoms with Gasteiger partial charge in [-0.2, -0.15) is 13.2 Å². The summed E-state index contributed by atoms with van der Waals surface area (Å²) in [5, 5.41) is 0. The smallest absolute Gasteiger partial charge is 0.409 e. The summed E-state index contributed by atoms with van der Waals surface area (Å²) >= 11 is 0. The predicted octanol–water partition coefficient (Wildman–Crippen LogP) is 2.03. The number of carbonyl (C=O) groups excluding carboxylic acids is 1. The Hall–Kier alpha value is -0.940. The molecular formula is C7H12F3NO2. The number of methoxy groups -OCH3 is 1. The van der Waals surface area contributed by atoms with Gasteiger partial charge in [0.25, 0.3) is 0 Å². The second kappa shape index (κ2) is 4.94. The Balaban J connectivity index is 4.17. The zero-order valence-electron chi connectivity index (χ0n) is 7.52. The molecule has 0 aromatic carbocycles. The van der Waals surface area contributed by atoms with Crippen LogP contribution >= 0.6 is 0 Å². The normalized spacial score (nSPS) is 11.2. The number of alkyl halides is 3. The highest BCUT2D eigenvalue weighted by Gasteiger charge is 2.32. The third-order valence-corrected chi connectivity index (χ3v) is 1.30. The standard InChI is InChI=1S/C7H12F3NO2/c1-3-4-11(6(12)13-2)5-7(8,9)10/h3-5H2,1-2H3. The average Bonchev–Trinajstić information content (AvgIpc) is 2.00. The Bertz CT molecular complexity index is 170. The van der Waals surface area contributed by atoms with Crippen molar-refractivity contribution in [1.82, 2.24) is 4.90 Å². The maximum Gasteiger partial charge on any atom is 0.409 e. The van der Waals surface area contributed by atoms with Crippen LogP contribution in [-0.2, 0) is 4.74 Å². The van der Waals surface area contributed by atoms with E-state index in [1.54, 1.807) is 6.92 Å². The van der Waals surface area contributed by atoms with Gasteiger partial charge in [-0.3, -0.25) is 4.90 Å². The Morgan fingerprint density at radius 1 is 1.46 bits per heavy atom. The highest BCUT2D eigenvalue weighted by atomic mass is 19.4. The van der Waals surface area contributed by atoms with Crippen LogP contribution in [0.4, 0.5) is 18.0 Å². The van der Waals surface area contributed by atoms with Gasteiger partial charge in [0.05, 0.1) is 7.11 Å². The van der Waals surface area contributed by atoms with Crippen molar-refractivity contribution in [3.05, 3.63) is 0 Å². The van der Waals surface area contributed by atoms with Gasteiger partial charge in [-0.1, -0.05) is 6.92 Å². The third kappa shape index (κ3) is 5.32. The average molecular weight is 199 g/mol. The molecule has 78 valence electrons. The van der Waals surface area contributed by atoms with Gasteiger partial charge in [0.15, 0.2) is 0 Å². The molecule has 0 heterocycles. The van der Waals surface area contributed by atoms with Gasteiger partial charge < -0.3 is 4.74 Å². The van der Waals surface area contributed by atoms with Crippen LogP contribution in [-0.4, -0.2) is 37.4 Å². The number of hydrogen-bond acceptors (Lipinski definition) is 2. The van der Waals surface area contributed by atoms with Crippen LogP contribution in [0, 0.1) is 0 Å². The van der Waals surface area contributed by atoms with Crippen molar-refractivity contribution in [2.45, 2.75) is 19.5 Å². The molecule has 0 aromatic heterocycles. The topological polar surface area (TPSA) is 29.5 Å². The zero-order chi connectivity index (χ0) is 10.5. The summed E-state index contributed by atoms with van der Waals surface area (Å²) in [6.07, 6.45) is -4.85. The maximum atomic E-state index is 11.9. The first-order valence-electron chi connectivity index (χ1n) is 3.80. The van der Waals surface area contributed by atoms with Crippen LogP contribution in [0.15, 0.2) is 0 Å². The highest BCUT2D eigenvalue weighted by molar-refractivity contribution is 5.67. The molecule has 0 bridgehead atoms. The van der Waals surface area contributed by atoms with Crippen molar-refractivity contribution in [3.8, 4) is 0 Å². The van der Waals surface area contributed by atoms with E-state index in [1.165, 1.54) is 0 Å². The van der Waals surface area contributed by atoms with Crippen molar-refractivity contribution >= 4 is 6.09 Å². The first-order chi connectivity index (χ1) is 5.90. The molecule has 0 aliphatic rings. The molecule has 0 fully saturated rings. The van der Waals surface area contributed by atoms with E-state index >= 15 is 0 Å². The largest absolute Gasteiger partial charge is 0.453 e. The van der Waals surface area contributed by atoms with Gasteiger partial charge in [-0.05, 0) is 6.42 Å². The van der Waals surface area contributed by atoms with Gasteiger partial charge in [0, 0.05) is 6.54 Å². The van der Waals surface area contributed by atoms with E-state index < -0.39 is 18.8 Å². The van der Waals surface area contributed by atoms with E-state index in [4.69, 9.17) is 0 Å². The Morgan fingerprint density at radius 2 is 2.00 bits per heavy atom. The van der Waals surface area contributed by atoms with E-state index in [0.717, 1.165) is 7.11 Å². The number of hydrogen-bond donors (Lipinski definition) is 0. The van der Waals surface area contributed by atoms with Gasteiger partial charge in [-0.25, -0.2) is 4.79 Å². The number of nitrogens with zero attached hydrogens (tertiary/aromatic N) is 1. The van der Waals surface area contributed by atoms with Crippen molar-refractivity contribution in [2.24, 2.45) is 0 Å². The van der Waals surface area contributed by atoms with Crippen LogP contribution in [0.25, 0.3) is 0 Å². The summed E-state index contributed by atoms with van der Waals surface area (Å²) in [5.41, 5.74) is 0. The fourth-order valence-electron chi connectivity index (χ4n) is 0.850. The molecule has 0 rings (SSSR count). The van der Waals surface area contributed by atoms with Crippen molar-refractivity contribution in [2.75, 3.05) is 20.2 Å². The van der Waals surface area contributed by atoms with Gasteiger partial charge in [0.1, 0.15) is 6.54 Å². The van der Waals surface area contributed by atoms with Crippen LogP contribution in [0.1, 0.15) is 13.3 Å². The molecule has 0 saturated carbocycles. The Labute approximate surface area is 74.5 Å². The monoisotopic (exact) mass is 199 g/mol. The first-order valence-corrected chi connectivity index (χ1v) is 3.80. The molecule has 0 radical (unpaired) electrons. The fourth-order valence-corrected chi connectivity index (χ4v) is 0.850. The lowest BCUT2D eigenvalue weighted by Crippen LogP contribution is -2.39. The molecular weight excluding hydrogens is 187 g/mol. The van der Waals surface area contributed by atoms with E-state index in [0.29, 0.717) is 11.3 Å². The van der Waals surface area contributed by atoms with Crippen molar-refractivity contribution in [3.63, 3.8) is 0 Å². The number of ether oxygens (including phenoxy) is 1. The zero-order valence-corrected chi connectivity index (χ0v) is 7.52. The Kier molecular flexibility index (Phi) is 4.58. The lowest BCUT2D eigenvalue weighted by atomic mass is 10.4. The van der Waals surface area contributed by atoms with Crippen molar-refractivity contribution in [1.29, 1.82) is 0 Å². The SMILES string of the molecule is CCCN(CC(F)(F)F)C(=O)OC. The lowest BCUT2D eigenvalue weighted by molar-refractivity contribution is -0.142. The van der Waals surface area contributed by atoms with Crippen LogP contribution in [0.5, 0.6) is 0 Å². The summed E-state index contributed by atoms with van der Waals surface area (Å²) in [6.45, 7) is 0.478. The molecule has 0 spiro atoms. The van der Waals surface area contributed by atoms with Gasteiger partial charge >= 0.3 is 12.3 Å². The van der Waals surface area contributed by atoms with Gasteiger partial charge in [0.2, 0.25) is 0 Å². The van der Waals surface area contributed by atoms with E-state index in [2.05, 4.69) is 4.74 Å². The molecule has 0 aliphatic heterocycles. The number of amides is 1. The molecule has 0 aromatic rings. The molecule has 0 N–H and O–H groups in total. The highest BCUT2D eigenvalue weighted by Crippen LogP contribution is 2.16. The van der Waals surface area contributed by atoms with Crippen LogP contribution in [0.2, 0.25) is 0 Å². The minimum absolute atomic E-state index is 0.0478. The fraction of sp³-hybridized carbons (Fsp3) is 0.857.